The Bertz CT molecular complexity index is 392. The van der Waals surface area contributed by atoms with Crippen LogP contribution in [0.1, 0.15) is 5.56 Å². The average molecular weight is 219 g/mol. The van der Waals surface area contributed by atoms with Gasteiger partial charge in [0, 0.05) is 0 Å². The van der Waals surface area contributed by atoms with E-state index in [0.717, 1.165) is 11.3 Å². The molecule has 1 rings (SSSR count). The maximum atomic E-state index is 11.2. The van der Waals surface area contributed by atoms with Gasteiger partial charge in [-0.3, -0.25) is 4.79 Å². The molecular formula is C12H13NO3. The number of ether oxygens (including phenoxy) is 2. The van der Waals surface area contributed by atoms with Gasteiger partial charge >= 0.3 is 5.97 Å². The van der Waals surface area contributed by atoms with Gasteiger partial charge in [-0.15, -0.1) is 0 Å². The second-order valence-corrected chi connectivity index (χ2v) is 3.26. The van der Waals surface area contributed by atoms with Crippen LogP contribution in [0.5, 0.6) is 5.75 Å². The molecule has 84 valence electrons. The van der Waals surface area contributed by atoms with E-state index in [1.165, 1.54) is 7.11 Å². The molecule has 0 radical (unpaired) electrons. The molecule has 4 heteroatoms. The second-order valence-electron chi connectivity index (χ2n) is 3.26. The second kappa shape index (κ2) is 5.76. The molecule has 0 aliphatic heterocycles. The number of methoxy groups -OCH3 is 2. The number of rotatable bonds is 4. The van der Waals surface area contributed by atoms with Gasteiger partial charge in [-0.25, -0.2) is 0 Å². The summed E-state index contributed by atoms with van der Waals surface area (Å²) in [5.41, 5.74) is 0.901. The Morgan fingerprint density at radius 3 is 2.44 bits per heavy atom. The minimum atomic E-state index is -0.751. The van der Waals surface area contributed by atoms with E-state index in [2.05, 4.69) is 4.74 Å². The van der Waals surface area contributed by atoms with Gasteiger partial charge < -0.3 is 9.47 Å². The summed E-state index contributed by atoms with van der Waals surface area (Å²) in [5, 5.41) is 8.81. The third-order valence-electron chi connectivity index (χ3n) is 2.24. The number of esters is 1. The third kappa shape index (κ3) is 2.99. The number of carbonyl (C=O) groups is 1. The van der Waals surface area contributed by atoms with Crippen LogP contribution in [0, 0.1) is 17.2 Å². The fourth-order valence-electron chi connectivity index (χ4n) is 1.32. The van der Waals surface area contributed by atoms with Crippen LogP contribution in [0.3, 0.4) is 0 Å². The molecule has 1 atom stereocenters. The highest BCUT2D eigenvalue weighted by molar-refractivity contribution is 5.75. The van der Waals surface area contributed by atoms with E-state index in [9.17, 15) is 4.79 Å². The largest absolute Gasteiger partial charge is 0.497 e. The van der Waals surface area contributed by atoms with Gasteiger partial charge in [0.15, 0.2) is 0 Å². The summed E-state index contributed by atoms with van der Waals surface area (Å²) in [6.45, 7) is 0. The molecule has 0 saturated carbocycles. The maximum Gasteiger partial charge on any atom is 0.323 e. The van der Waals surface area contributed by atoms with E-state index in [1.54, 1.807) is 19.2 Å². The Hall–Kier alpha value is -2.02. The monoisotopic (exact) mass is 219 g/mol. The molecule has 0 aliphatic rings. The Morgan fingerprint density at radius 2 is 2.00 bits per heavy atom. The smallest absolute Gasteiger partial charge is 0.323 e. The molecule has 0 heterocycles. The predicted molar refractivity (Wildman–Crippen MR) is 57.8 cm³/mol. The van der Waals surface area contributed by atoms with Crippen molar-refractivity contribution >= 4 is 5.97 Å². The van der Waals surface area contributed by atoms with Gasteiger partial charge in [-0.1, -0.05) is 12.1 Å². The Kier molecular flexibility index (Phi) is 4.34. The van der Waals surface area contributed by atoms with Crippen molar-refractivity contribution in [3.05, 3.63) is 29.8 Å². The Balaban J connectivity index is 2.71. The number of nitriles is 1. The van der Waals surface area contributed by atoms with E-state index in [4.69, 9.17) is 10.00 Å². The van der Waals surface area contributed by atoms with Crippen molar-refractivity contribution in [2.75, 3.05) is 14.2 Å². The van der Waals surface area contributed by atoms with E-state index in [0.29, 0.717) is 6.42 Å². The van der Waals surface area contributed by atoms with Crippen LogP contribution in [0.4, 0.5) is 0 Å². The third-order valence-corrected chi connectivity index (χ3v) is 2.24. The van der Waals surface area contributed by atoms with Crippen molar-refractivity contribution in [2.45, 2.75) is 6.42 Å². The van der Waals surface area contributed by atoms with Crippen LogP contribution in [-0.4, -0.2) is 20.2 Å². The van der Waals surface area contributed by atoms with Crippen molar-refractivity contribution in [1.82, 2.24) is 0 Å². The first-order valence-corrected chi connectivity index (χ1v) is 4.81. The van der Waals surface area contributed by atoms with E-state index >= 15 is 0 Å². The zero-order valence-corrected chi connectivity index (χ0v) is 9.27. The molecule has 0 aliphatic carbocycles. The number of carbonyl (C=O) groups excluding carboxylic acids is 1. The Labute approximate surface area is 94.4 Å². The molecule has 0 amide bonds. The summed E-state index contributed by atoms with van der Waals surface area (Å²) in [4.78, 5) is 11.2. The summed E-state index contributed by atoms with van der Waals surface area (Å²) < 4.78 is 9.55. The zero-order valence-electron chi connectivity index (χ0n) is 9.27. The molecule has 16 heavy (non-hydrogen) atoms. The summed E-state index contributed by atoms with van der Waals surface area (Å²) in [7, 11) is 2.86. The predicted octanol–water partition coefficient (Wildman–Crippen LogP) is 1.55. The first-order valence-electron chi connectivity index (χ1n) is 4.81. The molecule has 0 bridgehead atoms. The topological polar surface area (TPSA) is 59.3 Å². The standard InChI is InChI=1S/C12H13NO3/c1-15-11-5-3-9(4-6-11)7-10(8-13)12(14)16-2/h3-6,10H,7H2,1-2H3. The fraction of sp³-hybridized carbons (Fsp3) is 0.333. The van der Waals surface area contributed by atoms with Crippen molar-refractivity contribution in [3.63, 3.8) is 0 Å². The zero-order chi connectivity index (χ0) is 12.0. The average Bonchev–Trinajstić information content (AvgIpc) is 2.35. The normalized spacial score (nSPS) is 11.3. The van der Waals surface area contributed by atoms with Crippen LogP contribution in [0.15, 0.2) is 24.3 Å². The molecule has 0 spiro atoms. The highest BCUT2D eigenvalue weighted by Gasteiger charge is 2.18. The molecule has 0 fully saturated rings. The van der Waals surface area contributed by atoms with E-state index in [-0.39, 0.29) is 0 Å². The minimum absolute atomic E-state index is 0.354. The maximum absolute atomic E-state index is 11.2. The quantitative estimate of drug-likeness (QED) is 0.721. The first kappa shape index (κ1) is 12.1. The lowest BCUT2D eigenvalue weighted by atomic mass is 10.0. The molecule has 1 unspecified atom stereocenters. The van der Waals surface area contributed by atoms with Crippen LogP contribution in [0.25, 0.3) is 0 Å². The van der Waals surface area contributed by atoms with Crippen molar-refractivity contribution in [3.8, 4) is 11.8 Å². The molecule has 0 N–H and O–H groups in total. The molecule has 1 aromatic carbocycles. The summed E-state index contributed by atoms with van der Waals surface area (Å²) in [5.74, 6) is -0.507. The lowest BCUT2D eigenvalue weighted by Gasteiger charge is -2.07. The molecule has 4 nitrogen and oxygen atoms in total. The minimum Gasteiger partial charge on any atom is -0.497 e. The van der Waals surface area contributed by atoms with Crippen LogP contribution in [0.2, 0.25) is 0 Å². The fourth-order valence-corrected chi connectivity index (χ4v) is 1.32. The van der Waals surface area contributed by atoms with Crippen molar-refractivity contribution < 1.29 is 14.3 Å². The molecular weight excluding hydrogens is 206 g/mol. The molecule has 0 aromatic heterocycles. The first-order chi connectivity index (χ1) is 7.71. The van der Waals surface area contributed by atoms with E-state index < -0.39 is 11.9 Å². The van der Waals surface area contributed by atoms with Gasteiger partial charge in [0.1, 0.15) is 11.7 Å². The van der Waals surface area contributed by atoms with Gasteiger partial charge in [0.05, 0.1) is 20.3 Å². The van der Waals surface area contributed by atoms with Gasteiger partial charge in [0.2, 0.25) is 0 Å². The number of nitrogens with zero attached hydrogens (tertiary/aromatic N) is 1. The molecule has 1 aromatic rings. The number of hydrogen-bond acceptors (Lipinski definition) is 4. The van der Waals surface area contributed by atoms with Crippen LogP contribution < -0.4 is 4.74 Å². The summed E-state index contributed by atoms with van der Waals surface area (Å²) in [6.07, 6.45) is 0.354. The van der Waals surface area contributed by atoms with E-state index in [1.807, 2.05) is 18.2 Å². The lowest BCUT2D eigenvalue weighted by molar-refractivity contribution is -0.143. The lowest BCUT2D eigenvalue weighted by Crippen LogP contribution is -2.16. The SMILES string of the molecule is COC(=O)C(C#N)Cc1ccc(OC)cc1. The van der Waals surface area contributed by atoms with Gasteiger partial charge in [-0.2, -0.15) is 5.26 Å². The van der Waals surface area contributed by atoms with Crippen LogP contribution >= 0.6 is 0 Å². The molecule has 0 saturated heterocycles. The van der Waals surface area contributed by atoms with Gasteiger partial charge in [0.25, 0.3) is 0 Å². The van der Waals surface area contributed by atoms with Crippen LogP contribution in [-0.2, 0) is 16.0 Å². The summed E-state index contributed by atoms with van der Waals surface area (Å²) in [6, 6.07) is 9.16. The highest BCUT2D eigenvalue weighted by Crippen LogP contribution is 2.15. The summed E-state index contributed by atoms with van der Waals surface area (Å²) >= 11 is 0. The van der Waals surface area contributed by atoms with Crippen molar-refractivity contribution in [2.24, 2.45) is 5.92 Å². The number of benzene rings is 1. The highest BCUT2D eigenvalue weighted by atomic mass is 16.5. The number of hydrogen-bond donors (Lipinski definition) is 0. The Morgan fingerprint density at radius 1 is 1.38 bits per heavy atom. The van der Waals surface area contributed by atoms with Gasteiger partial charge in [-0.05, 0) is 24.1 Å². The van der Waals surface area contributed by atoms with Crippen molar-refractivity contribution in [1.29, 1.82) is 5.26 Å².